The summed E-state index contributed by atoms with van der Waals surface area (Å²) in [4.78, 5) is 10.3. The lowest BCUT2D eigenvalue weighted by molar-refractivity contribution is -0.384. The number of anilines is 1. The SMILES string of the molecule is CC(C)(C)C1CCC(=NNc2cccc([N+](=O)[O-])c2)CC1. The van der Waals surface area contributed by atoms with Crippen molar-refractivity contribution in [3.8, 4) is 0 Å². The zero-order chi connectivity index (χ0) is 15.5. The molecule has 21 heavy (non-hydrogen) atoms. The summed E-state index contributed by atoms with van der Waals surface area (Å²) in [7, 11) is 0. The highest BCUT2D eigenvalue weighted by Crippen LogP contribution is 2.36. The van der Waals surface area contributed by atoms with Crippen LogP contribution >= 0.6 is 0 Å². The molecule has 0 unspecified atom stereocenters. The van der Waals surface area contributed by atoms with Crippen molar-refractivity contribution in [2.24, 2.45) is 16.4 Å². The fourth-order valence-electron chi connectivity index (χ4n) is 2.76. The molecule has 1 fully saturated rings. The second kappa shape index (κ2) is 6.24. The highest BCUT2D eigenvalue weighted by molar-refractivity contribution is 5.85. The summed E-state index contributed by atoms with van der Waals surface area (Å²) in [6.45, 7) is 6.88. The van der Waals surface area contributed by atoms with E-state index >= 15 is 0 Å². The second-order valence-corrected chi connectivity index (χ2v) is 6.74. The monoisotopic (exact) mass is 289 g/mol. The maximum Gasteiger partial charge on any atom is 0.271 e. The van der Waals surface area contributed by atoms with Crippen LogP contribution in [0.15, 0.2) is 29.4 Å². The summed E-state index contributed by atoms with van der Waals surface area (Å²) < 4.78 is 0. The van der Waals surface area contributed by atoms with Gasteiger partial charge in [0.2, 0.25) is 0 Å². The lowest BCUT2D eigenvalue weighted by Crippen LogP contribution is -2.26. The van der Waals surface area contributed by atoms with Crippen LogP contribution in [0.2, 0.25) is 0 Å². The molecule has 0 atom stereocenters. The maximum atomic E-state index is 10.7. The molecule has 2 rings (SSSR count). The van der Waals surface area contributed by atoms with Crippen LogP contribution in [0.1, 0.15) is 46.5 Å². The van der Waals surface area contributed by atoms with Crippen molar-refractivity contribution in [1.29, 1.82) is 0 Å². The molecule has 0 saturated heterocycles. The van der Waals surface area contributed by atoms with Crippen LogP contribution in [0.5, 0.6) is 0 Å². The summed E-state index contributed by atoms with van der Waals surface area (Å²) in [5.41, 5.74) is 5.20. The third-order valence-electron chi connectivity index (χ3n) is 4.19. The molecule has 0 radical (unpaired) electrons. The second-order valence-electron chi connectivity index (χ2n) is 6.74. The van der Waals surface area contributed by atoms with E-state index in [0.29, 0.717) is 11.1 Å². The molecule has 0 spiro atoms. The van der Waals surface area contributed by atoms with Crippen LogP contribution in [0.25, 0.3) is 0 Å². The zero-order valence-electron chi connectivity index (χ0n) is 12.9. The van der Waals surface area contributed by atoms with Crippen molar-refractivity contribution in [2.75, 3.05) is 5.43 Å². The summed E-state index contributed by atoms with van der Waals surface area (Å²) in [6.07, 6.45) is 4.34. The number of non-ortho nitro benzene ring substituents is 1. The first-order chi connectivity index (χ1) is 9.86. The molecule has 5 heteroatoms. The van der Waals surface area contributed by atoms with Crippen LogP contribution in [-0.4, -0.2) is 10.6 Å². The van der Waals surface area contributed by atoms with E-state index in [1.54, 1.807) is 12.1 Å². The number of rotatable bonds is 3. The molecule has 1 saturated carbocycles. The molecule has 1 aromatic carbocycles. The molecule has 0 heterocycles. The number of benzene rings is 1. The van der Waals surface area contributed by atoms with Gasteiger partial charge < -0.3 is 0 Å². The Morgan fingerprint density at radius 3 is 2.52 bits per heavy atom. The predicted octanol–water partition coefficient (Wildman–Crippen LogP) is 4.60. The average molecular weight is 289 g/mol. The predicted molar refractivity (Wildman–Crippen MR) is 85.6 cm³/mol. The van der Waals surface area contributed by atoms with E-state index in [0.717, 1.165) is 24.5 Å². The van der Waals surface area contributed by atoms with Crippen molar-refractivity contribution >= 4 is 17.1 Å². The molecule has 0 aliphatic heterocycles. The van der Waals surface area contributed by atoms with Crippen molar-refractivity contribution in [3.63, 3.8) is 0 Å². The Bertz CT molecular complexity index is 537. The molecule has 0 aromatic heterocycles. The van der Waals surface area contributed by atoms with E-state index < -0.39 is 4.92 Å². The fraction of sp³-hybridized carbons (Fsp3) is 0.562. The third kappa shape index (κ3) is 4.28. The van der Waals surface area contributed by atoms with Gasteiger partial charge in [0.25, 0.3) is 5.69 Å². The Morgan fingerprint density at radius 1 is 1.29 bits per heavy atom. The molecule has 1 N–H and O–H groups in total. The van der Waals surface area contributed by atoms with Gasteiger partial charge in [-0.2, -0.15) is 5.10 Å². The number of hydrogen-bond acceptors (Lipinski definition) is 4. The van der Waals surface area contributed by atoms with Gasteiger partial charge in [0.15, 0.2) is 0 Å². The average Bonchev–Trinajstić information content (AvgIpc) is 2.45. The molecule has 114 valence electrons. The van der Waals surface area contributed by atoms with Gasteiger partial charge in [0.1, 0.15) is 0 Å². The largest absolute Gasteiger partial charge is 0.278 e. The number of nitrogens with one attached hydrogen (secondary N) is 1. The molecular weight excluding hydrogens is 266 g/mol. The van der Waals surface area contributed by atoms with E-state index in [-0.39, 0.29) is 5.69 Å². The zero-order valence-corrected chi connectivity index (χ0v) is 12.9. The molecule has 1 aromatic rings. The fourth-order valence-corrected chi connectivity index (χ4v) is 2.76. The van der Waals surface area contributed by atoms with Crippen LogP contribution in [-0.2, 0) is 0 Å². The van der Waals surface area contributed by atoms with Crippen molar-refractivity contribution in [2.45, 2.75) is 46.5 Å². The third-order valence-corrected chi connectivity index (χ3v) is 4.19. The minimum absolute atomic E-state index is 0.0802. The molecule has 0 bridgehead atoms. The molecule has 1 aliphatic rings. The number of nitro benzene ring substituents is 1. The summed E-state index contributed by atoms with van der Waals surface area (Å²) in [6, 6.07) is 6.44. The molecule has 0 amide bonds. The van der Waals surface area contributed by atoms with Crippen LogP contribution in [0.4, 0.5) is 11.4 Å². The van der Waals surface area contributed by atoms with Gasteiger partial charge in [-0.15, -0.1) is 0 Å². The Balaban J connectivity index is 1.94. The van der Waals surface area contributed by atoms with E-state index in [1.165, 1.54) is 25.0 Å². The van der Waals surface area contributed by atoms with Gasteiger partial charge in [0, 0.05) is 17.8 Å². The lowest BCUT2D eigenvalue weighted by Gasteiger charge is -2.34. The first kappa shape index (κ1) is 15.5. The maximum absolute atomic E-state index is 10.7. The number of nitro groups is 1. The van der Waals surface area contributed by atoms with Gasteiger partial charge in [0.05, 0.1) is 10.6 Å². The summed E-state index contributed by atoms with van der Waals surface area (Å²) in [5.74, 6) is 0.745. The molecule has 1 aliphatic carbocycles. The highest BCUT2D eigenvalue weighted by atomic mass is 16.6. The molecule has 5 nitrogen and oxygen atoms in total. The van der Waals surface area contributed by atoms with Crippen LogP contribution in [0.3, 0.4) is 0 Å². The number of hydrogen-bond donors (Lipinski definition) is 1. The smallest absolute Gasteiger partial charge is 0.271 e. The first-order valence-corrected chi connectivity index (χ1v) is 7.42. The van der Waals surface area contributed by atoms with Crippen molar-refractivity contribution in [1.82, 2.24) is 0 Å². The number of hydrazone groups is 1. The van der Waals surface area contributed by atoms with Gasteiger partial charge in [-0.1, -0.05) is 26.8 Å². The standard InChI is InChI=1S/C16H23N3O2/c1-16(2,3)12-7-9-13(10-8-12)17-18-14-5-4-6-15(11-14)19(20)21/h4-6,11-12,18H,7-10H2,1-3H3. The van der Waals surface area contributed by atoms with Crippen LogP contribution in [0, 0.1) is 21.4 Å². The van der Waals surface area contributed by atoms with Gasteiger partial charge in [-0.05, 0) is 43.1 Å². The number of nitrogens with zero attached hydrogens (tertiary/aromatic N) is 2. The van der Waals surface area contributed by atoms with Crippen molar-refractivity contribution < 1.29 is 4.92 Å². The molecular formula is C16H23N3O2. The topological polar surface area (TPSA) is 67.5 Å². The van der Waals surface area contributed by atoms with E-state index in [9.17, 15) is 10.1 Å². The highest BCUT2D eigenvalue weighted by Gasteiger charge is 2.27. The van der Waals surface area contributed by atoms with Crippen molar-refractivity contribution in [3.05, 3.63) is 34.4 Å². The lowest BCUT2D eigenvalue weighted by atomic mass is 9.72. The minimum Gasteiger partial charge on any atom is -0.278 e. The normalized spacial score (nSPS) is 19.2. The summed E-state index contributed by atoms with van der Waals surface area (Å²) >= 11 is 0. The van der Waals surface area contributed by atoms with E-state index in [2.05, 4.69) is 31.3 Å². The Hall–Kier alpha value is -1.91. The first-order valence-electron chi connectivity index (χ1n) is 7.42. The minimum atomic E-state index is -0.396. The Kier molecular flexibility index (Phi) is 4.60. The summed E-state index contributed by atoms with van der Waals surface area (Å²) in [5, 5.41) is 15.1. The van der Waals surface area contributed by atoms with E-state index in [1.807, 2.05) is 0 Å². The van der Waals surface area contributed by atoms with Gasteiger partial charge in [-0.25, -0.2) is 0 Å². The van der Waals surface area contributed by atoms with Gasteiger partial charge >= 0.3 is 0 Å². The Labute approximate surface area is 125 Å². The quantitative estimate of drug-likeness (QED) is 0.653. The van der Waals surface area contributed by atoms with E-state index in [4.69, 9.17) is 0 Å². The van der Waals surface area contributed by atoms with Gasteiger partial charge in [-0.3, -0.25) is 15.5 Å². The Morgan fingerprint density at radius 2 is 1.95 bits per heavy atom. The van der Waals surface area contributed by atoms with Crippen LogP contribution < -0.4 is 5.43 Å².